The van der Waals surface area contributed by atoms with Gasteiger partial charge in [-0.2, -0.15) is 0 Å². The number of pyridine rings is 1. The quantitative estimate of drug-likeness (QED) is 0.552. The topological polar surface area (TPSA) is 77.7 Å². The first-order valence-corrected chi connectivity index (χ1v) is 10.3. The number of aromatic nitrogens is 1. The smallest absolute Gasteiger partial charge is 0.223 e. The van der Waals surface area contributed by atoms with Crippen molar-refractivity contribution in [3.63, 3.8) is 0 Å². The summed E-state index contributed by atoms with van der Waals surface area (Å²) in [4.78, 5) is 12.6. The van der Waals surface area contributed by atoms with Crippen LogP contribution in [0.1, 0.15) is 34.7 Å². The van der Waals surface area contributed by atoms with Crippen molar-refractivity contribution in [3.8, 4) is 5.75 Å². The van der Waals surface area contributed by atoms with Crippen molar-refractivity contribution in [2.75, 3.05) is 11.7 Å². The van der Waals surface area contributed by atoms with E-state index in [1.54, 1.807) is 17.1 Å². The molecule has 2 aliphatic heterocycles. The van der Waals surface area contributed by atoms with Crippen molar-refractivity contribution in [1.29, 1.82) is 0 Å². The molecule has 154 valence electrons. The number of aromatic hydroxyl groups is 1. The highest BCUT2D eigenvalue weighted by atomic mass is 32.2. The van der Waals surface area contributed by atoms with Gasteiger partial charge in [0.25, 0.3) is 0 Å². The summed E-state index contributed by atoms with van der Waals surface area (Å²) in [5.74, 6) is -0.918. The first-order chi connectivity index (χ1) is 14.5. The van der Waals surface area contributed by atoms with Crippen LogP contribution in [0.25, 0.3) is 0 Å². The molecule has 0 aliphatic carbocycles. The third-order valence-electron chi connectivity index (χ3n) is 5.44. The van der Waals surface area contributed by atoms with E-state index in [0.29, 0.717) is 21.8 Å². The lowest BCUT2D eigenvalue weighted by Crippen LogP contribution is -2.52. The SMILES string of the molecule is O=c1ccn2c(c1O)C(O)NCN2[C@H]1c2ccc(F)cc2SCc2cccc(F)c21. The van der Waals surface area contributed by atoms with Gasteiger partial charge in [0.15, 0.2) is 12.0 Å². The van der Waals surface area contributed by atoms with Crippen LogP contribution >= 0.6 is 11.8 Å². The number of thioether (sulfide) groups is 1. The molecule has 3 heterocycles. The number of halogens is 2. The Morgan fingerprint density at radius 2 is 2.00 bits per heavy atom. The number of nitrogens with one attached hydrogen (secondary N) is 1. The van der Waals surface area contributed by atoms with Gasteiger partial charge in [0.2, 0.25) is 5.43 Å². The summed E-state index contributed by atoms with van der Waals surface area (Å²) in [6.45, 7) is 0.0937. The predicted octanol–water partition coefficient (Wildman–Crippen LogP) is 2.72. The summed E-state index contributed by atoms with van der Waals surface area (Å²) < 4.78 is 30.6. The van der Waals surface area contributed by atoms with E-state index in [0.717, 1.165) is 5.56 Å². The molecule has 3 N–H and O–H groups in total. The van der Waals surface area contributed by atoms with Gasteiger partial charge in [-0.1, -0.05) is 18.2 Å². The highest BCUT2D eigenvalue weighted by Gasteiger charge is 2.36. The van der Waals surface area contributed by atoms with Crippen LogP contribution < -0.4 is 15.8 Å². The van der Waals surface area contributed by atoms with Gasteiger partial charge in [-0.25, -0.2) is 8.78 Å². The molecule has 0 bridgehead atoms. The highest BCUT2D eigenvalue weighted by molar-refractivity contribution is 7.98. The molecule has 0 fully saturated rings. The molecule has 0 saturated heterocycles. The van der Waals surface area contributed by atoms with Gasteiger partial charge < -0.3 is 10.2 Å². The average Bonchev–Trinajstić information content (AvgIpc) is 2.88. The fourth-order valence-corrected chi connectivity index (χ4v) is 5.18. The van der Waals surface area contributed by atoms with Gasteiger partial charge in [0.1, 0.15) is 23.4 Å². The third-order valence-corrected chi connectivity index (χ3v) is 6.56. The highest BCUT2D eigenvalue weighted by Crippen LogP contribution is 2.43. The van der Waals surface area contributed by atoms with Crippen molar-refractivity contribution in [3.05, 3.63) is 92.9 Å². The van der Waals surface area contributed by atoms with E-state index in [9.17, 15) is 19.4 Å². The maximum absolute atomic E-state index is 15.1. The van der Waals surface area contributed by atoms with E-state index in [-0.39, 0.29) is 18.2 Å². The Hall–Kier alpha value is -2.88. The number of nitrogens with zero attached hydrogens (tertiary/aromatic N) is 2. The summed E-state index contributed by atoms with van der Waals surface area (Å²) in [6, 6.07) is 9.71. The molecule has 0 saturated carbocycles. The van der Waals surface area contributed by atoms with E-state index in [2.05, 4.69) is 5.32 Å². The molecule has 0 spiro atoms. The zero-order valence-electron chi connectivity index (χ0n) is 15.5. The molecule has 9 heteroatoms. The van der Waals surface area contributed by atoms with Crippen molar-refractivity contribution in [1.82, 2.24) is 9.99 Å². The number of aliphatic hydroxyl groups is 1. The molecule has 1 aromatic heterocycles. The van der Waals surface area contributed by atoms with E-state index < -0.39 is 29.3 Å². The Labute approximate surface area is 174 Å². The number of hydrogen-bond donors (Lipinski definition) is 3. The number of hydrogen-bond acceptors (Lipinski definition) is 6. The van der Waals surface area contributed by atoms with Crippen LogP contribution in [-0.4, -0.2) is 21.6 Å². The minimum atomic E-state index is -1.27. The normalized spacial score (nSPS) is 20.2. The average molecular weight is 429 g/mol. The lowest BCUT2D eigenvalue weighted by molar-refractivity contribution is 0.104. The Morgan fingerprint density at radius 3 is 2.83 bits per heavy atom. The van der Waals surface area contributed by atoms with Crippen LogP contribution in [-0.2, 0) is 5.75 Å². The van der Waals surface area contributed by atoms with Crippen molar-refractivity contribution >= 4 is 11.8 Å². The first kappa shape index (κ1) is 19.1. The second kappa shape index (κ2) is 7.12. The Morgan fingerprint density at radius 1 is 1.17 bits per heavy atom. The Balaban J connectivity index is 1.79. The zero-order valence-corrected chi connectivity index (χ0v) is 16.4. The minimum Gasteiger partial charge on any atom is -0.503 e. The number of fused-ring (bicyclic) bond motifs is 3. The van der Waals surface area contributed by atoms with E-state index in [1.165, 1.54) is 46.9 Å². The molecule has 2 atom stereocenters. The first-order valence-electron chi connectivity index (χ1n) is 9.28. The van der Waals surface area contributed by atoms with E-state index in [1.807, 2.05) is 6.07 Å². The Kier molecular flexibility index (Phi) is 4.53. The van der Waals surface area contributed by atoms with E-state index in [4.69, 9.17) is 0 Å². The summed E-state index contributed by atoms with van der Waals surface area (Å²) in [5, 5.41) is 25.1. The van der Waals surface area contributed by atoms with E-state index >= 15 is 4.39 Å². The molecular weight excluding hydrogens is 412 g/mol. The monoisotopic (exact) mass is 429 g/mol. The molecular formula is C21H17F2N3O3S. The van der Waals surface area contributed by atoms with Crippen LogP contribution in [0.5, 0.6) is 5.75 Å². The van der Waals surface area contributed by atoms with Gasteiger partial charge in [0.05, 0.1) is 6.67 Å². The van der Waals surface area contributed by atoms with Crippen LogP contribution in [0.4, 0.5) is 8.78 Å². The number of benzene rings is 2. The standard InChI is InChI=1S/C21H17F2N3O3S/c22-12-4-5-13-16(8-12)30-9-11-2-1-3-14(23)17(11)18(13)26-10-24-21(29)19-20(28)15(27)6-7-25(19)26/h1-8,18,21,24,28-29H,9-10H2/t18-,21?/m0/s1. The molecule has 0 radical (unpaired) electrons. The lowest BCUT2D eigenvalue weighted by Gasteiger charge is -2.42. The summed E-state index contributed by atoms with van der Waals surface area (Å²) in [6.07, 6.45) is 0.159. The largest absolute Gasteiger partial charge is 0.503 e. The molecule has 5 rings (SSSR count). The molecule has 6 nitrogen and oxygen atoms in total. The fraction of sp³-hybridized carbons (Fsp3) is 0.190. The van der Waals surface area contributed by atoms with Crippen molar-refractivity contribution in [2.45, 2.75) is 22.9 Å². The van der Waals surface area contributed by atoms with Crippen LogP contribution in [0.2, 0.25) is 0 Å². The number of rotatable bonds is 1. The maximum Gasteiger partial charge on any atom is 0.223 e. The van der Waals surface area contributed by atoms with Crippen LogP contribution in [0.15, 0.2) is 58.4 Å². The zero-order chi connectivity index (χ0) is 21.0. The molecule has 1 unspecified atom stereocenters. The fourth-order valence-electron chi connectivity index (χ4n) is 4.07. The second-order valence-electron chi connectivity index (χ2n) is 7.15. The summed E-state index contributed by atoms with van der Waals surface area (Å²) >= 11 is 1.42. The van der Waals surface area contributed by atoms with Crippen LogP contribution in [0, 0.1) is 11.6 Å². The molecule has 30 heavy (non-hydrogen) atoms. The van der Waals surface area contributed by atoms with Gasteiger partial charge in [-0.3, -0.25) is 19.8 Å². The Bertz CT molecular complexity index is 1220. The molecule has 3 aromatic rings. The number of aliphatic hydroxyl groups excluding tert-OH is 1. The summed E-state index contributed by atoms with van der Waals surface area (Å²) in [5.41, 5.74) is 1.21. The lowest BCUT2D eigenvalue weighted by atomic mass is 9.93. The third kappa shape index (κ3) is 2.89. The van der Waals surface area contributed by atoms with Gasteiger partial charge in [-0.15, -0.1) is 11.8 Å². The van der Waals surface area contributed by atoms with Gasteiger partial charge in [0, 0.05) is 28.5 Å². The predicted molar refractivity (Wildman–Crippen MR) is 108 cm³/mol. The van der Waals surface area contributed by atoms with Gasteiger partial charge >= 0.3 is 0 Å². The maximum atomic E-state index is 15.1. The van der Waals surface area contributed by atoms with Crippen molar-refractivity contribution < 1.29 is 19.0 Å². The molecule has 2 aliphatic rings. The van der Waals surface area contributed by atoms with Gasteiger partial charge in [-0.05, 0) is 29.3 Å². The summed E-state index contributed by atoms with van der Waals surface area (Å²) in [7, 11) is 0. The molecule has 0 amide bonds. The van der Waals surface area contributed by atoms with Crippen molar-refractivity contribution in [2.24, 2.45) is 0 Å². The van der Waals surface area contributed by atoms with Crippen LogP contribution in [0.3, 0.4) is 0 Å². The minimum absolute atomic E-state index is 0.0350. The second-order valence-corrected chi connectivity index (χ2v) is 8.17. The molecule has 2 aromatic carbocycles.